The fourth-order valence-corrected chi connectivity index (χ4v) is 2.38. The van der Waals surface area contributed by atoms with Crippen molar-refractivity contribution in [2.75, 3.05) is 19.0 Å². The summed E-state index contributed by atoms with van der Waals surface area (Å²) in [7, 11) is 1.59. The Morgan fingerprint density at radius 1 is 1.15 bits per heavy atom. The van der Waals surface area contributed by atoms with Gasteiger partial charge < -0.3 is 15.4 Å². The van der Waals surface area contributed by atoms with E-state index in [1.165, 1.54) is 0 Å². The number of hydrogen-bond acceptors (Lipinski definition) is 3. The number of amides is 1. The summed E-state index contributed by atoms with van der Waals surface area (Å²) < 4.78 is 5.17. The average molecular weight is 268 g/mol. The molecule has 1 aliphatic rings. The molecule has 0 radical (unpaired) electrons. The maximum atomic E-state index is 12.4. The van der Waals surface area contributed by atoms with Gasteiger partial charge in [-0.1, -0.05) is 30.3 Å². The number of carbonyl (C=O) groups is 1. The van der Waals surface area contributed by atoms with Crippen LogP contribution in [0, 0.1) is 0 Å². The van der Waals surface area contributed by atoms with Gasteiger partial charge in [-0.3, -0.25) is 4.79 Å². The molecule has 3 rings (SSSR count). The van der Waals surface area contributed by atoms with Crippen LogP contribution in [0.5, 0.6) is 5.75 Å². The minimum Gasteiger partial charge on any atom is -0.497 e. The van der Waals surface area contributed by atoms with E-state index >= 15 is 0 Å². The Morgan fingerprint density at radius 2 is 1.95 bits per heavy atom. The molecule has 2 aromatic rings. The molecule has 0 fully saturated rings. The van der Waals surface area contributed by atoms with Crippen molar-refractivity contribution in [3.63, 3.8) is 0 Å². The maximum absolute atomic E-state index is 12.4. The smallest absolute Gasteiger partial charge is 0.254 e. The molecule has 1 unspecified atom stereocenters. The van der Waals surface area contributed by atoms with E-state index in [2.05, 4.69) is 10.6 Å². The van der Waals surface area contributed by atoms with Crippen molar-refractivity contribution in [3.8, 4) is 5.75 Å². The van der Waals surface area contributed by atoms with E-state index in [4.69, 9.17) is 4.74 Å². The number of rotatable bonds is 2. The molecule has 1 heterocycles. The number of benzene rings is 2. The third kappa shape index (κ3) is 2.32. The zero-order valence-electron chi connectivity index (χ0n) is 11.2. The lowest BCUT2D eigenvalue weighted by atomic mass is 10.1. The topological polar surface area (TPSA) is 50.4 Å². The fraction of sp³-hybridized carbons (Fsp3) is 0.188. The second-order valence-electron chi connectivity index (χ2n) is 4.73. The van der Waals surface area contributed by atoms with Crippen LogP contribution >= 0.6 is 0 Å². The minimum atomic E-state index is -0.0854. The highest BCUT2D eigenvalue weighted by Crippen LogP contribution is 2.26. The van der Waals surface area contributed by atoms with Crippen LogP contribution in [0.15, 0.2) is 48.5 Å². The standard InChI is InChI=1S/C16H16N2O2/c1-20-12-7-8-14-13(9-12)16(19)18-15(10-17-14)11-5-3-2-4-6-11/h2-9,15,17H,10H2,1H3,(H,18,19). The summed E-state index contributed by atoms with van der Waals surface area (Å²) in [6, 6.07) is 15.4. The molecule has 20 heavy (non-hydrogen) atoms. The third-order valence-electron chi connectivity index (χ3n) is 3.48. The molecule has 0 aliphatic carbocycles. The van der Waals surface area contributed by atoms with Gasteiger partial charge in [0.1, 0.15) is 5.75 Å². The normalized spacial score (nSPS) is 17.4. The second kappa shape index (κ2) is 5.25. The Balaban J connectivity index is 1.91. The first-order valence-corrected chi connectivity index (χ1v) is 6.55. The maximum Gasteiger partial charge on any atom is 0.254 e. The molecule has 0 aromatic heterocycles. The van der Waals surface area contributed by atoms with Crippen LogP contribution < -0.4 is 15.4 Å². The van der Waals surface area contributed by atoms with Crippen LogP contribution in [0.25, 0.3) is 0 Å². The van der Waals surface area contributed by atoms with Crippen molar-refractivity contribution in [3.05, 3.63) is 59.7 Å². The van der Waals surface area contributed by atoms with Crippen LogP contribution in [0.3, 0.4) is 0 Å². The summed E-state index contributed by atoms with van der Waals surface area (Å²) in [5.41, 5.74) is 2.54. The van der Waals surface area contributed by atoms with Gasteiger partial charge >= 0.3 is 0 Å². The summed E-state index contributed by atoms with van der Waals surface area (Å²) >= 11 is 0. The number of hydrogen-bond donors (Lipinski definition) is 2. The quantitative estimate of drug-likeness (QED) is 0.880. The molecular formula is C16H16N2O2. The van der Waals surface area contributed by atoms with Gasteiger partial charge in [0.15, 0.2) is 0 Å². The van der Waals surface area contributed by atoms with E-state index in [9.17, 15) is 4.79 Å². The zero-order chi connectivity index (χ0) is 13.9. The Labute approximate surface area is 117 Å². The van der Waals surface area contributed by atoms with Gasteiger partial charge in [0.05, 0.1) is 18.7 Å². The lowest BCUT2D eigenvalue weighted by Crippen LogP contribution is -2.29. The average Bonchev–Trinajstić information content (AvgIpc) is 2.67. The highest BCUT2D eigenvalue weighted by Gasteiger charge is 2.22. The van der Waals surface area contributed by atoms with Crippen LogP contribution in [-0.4, -0.2) is 19.6 Å². The summed E-state index contributed by atoms with van der Waals surface area (Å²) in [5.74, 6) is 0.594. The van der Waals surface area contributed by atoms with Crippen LogP contribution in [0.1, 0.15) is 22.0 Å². The van der Waals surface area contributed by atoms with E-state index < -0.39 is 0 Å². The number of anilines is 1. The van der Waals surface area contributed by atoms with E-state index in [1.54, 1.807) is 13.2 Å². The zero-order valence-corrected chi connectivity index (χ0v) is 11.2. The predicted octanol–water partition coefficient (Wildman–Crippen LogP) is 2.59. The van der Waals surface area contributed by atoms with Crippen molar-refractivity contribution in [2.24, 2.45) is 0 Å². The molecule has 2 N–H and O–H groups in total. The van der Waals surface area contributed by atoms with Gasteiger partial charge in [-0.2, -0.15) is 0 Å². The van der Waals surface area contributed by atoms with Gasteiger partial charge in [-0.15, -0.1) is 0 Å². The van der Waals surface area contributed by atoms with Crippen LogP contribution in [-0.2, 0) is 0 Å². The molecule has 0 saturated carbocycles. The minimum absolute atomic E-state index is 0.0397. The highest BCUT2D eigenvalue weighted by atomic mass is 16.5. The monoisotopic (exact) mass is 268 g/mol. The molecule has 4 nitrogen and oxygen atoms in total. The first-order valence-electron chi connectivity index (χ1n) is 6.55. The number of fused-ring (bicyclic) bond motifs is 1. The molecule has 2 aromatic carbocycles. The van der Waals surface area contributed by atoms with Gasteiger partial charge in [0.25, 0.3) is 5.91 Å². The Kier molecular flexibility index (Phi) is 3.29. The molecule has 1 aliphatic heterocycles. The lowest BCUT2D eigenvalue weighted by molar-refractivity contribution is 0.0942. The number of carbonyl (C=O) groups excluding carboxylic acids is 1. The first-order chi connectivity index (χ1) is 9.78. The number of ether oxygens (including phenoxy) is 1. The van der Waals surface area contributed by atoms with Crippen molar-refractivity contribution in [1.29, 1.82) is 0 Å². The Hall–Kier alpha value is -2.49. The van der Waals surface area contributed by atoms with Crippen LogP contribution in [0.2, 0.25) is 0 Å². The molecule has 0 bridgehead atoms. The lowest BCUT2D eigenvalue weighted by Gasteiger charge is -2.16. The molecule has 4 heteroatoms. The molecular weight excluding hydrogens is 252 g/mol. The van der Waals surface area contributed by atoms with E-state index in [-0.39, 0.29) is 11.9 Å². The molecule has 1 amide bonds. The second-order valence-corrected chi connectivity index (χ2v) is 4.73. The fourth-order valence-electron chi connectivity index (χ4n) is 2.38. The van der Waals surface area contributed by atoms with Gasteiger partial charge in [0, 0.05) is 12.2 Å². The SMILES string of the molecule is COc1ccc2c(c1)C(=O)NC(c1ccccc1)CN2. The van der Waals surface area contributed by atoms with Gasteiger partial charge in [-0.25, -0.2) is 0 Å². The summed E-state index contributed by atoms with van der Waals surface area (Å²) in [6.07, 6.45) is 0. The molecule has 0 spiro atoms. The predicted molar refractivity (Wildman–Crippen MR) is 78.1 cm³/mol. The summed E-state index contributed by atoms with van der Waals surface area (Å²) in [4.78, 5) is 12.4. The van der Waals surface area contributed by atoms with Crippen LogP contribution in [0.4, 0.5) is 5.69 Å². The molecule has 102 valence electrons. The molecule has 0 saturated heterocycles. The number of methoxy groups -OCH3 is 1. The van der Waals surface area contributed by atoms with Gasteiger partial charge in [-0.05, 0) is 23.8 Å². The molecule has 1 atom stereocenters. The van der Waals surface area contributed by atoms with Crippen molar-refractivity contribution >= 4 is 11.6 Å². The van der Waals surface area contributed by atoms with Crippen molar-refractivity contribution < 1.29 is 9.53 Å². The van der Waals surface area contributed by atoms with Crippen molar-refractivity contribution in [2.45, 2.75) is 6.04 Å². The van der Waals surface area contributed by atoms with E-state index in [1.807, 2.05) is 42.5 Å². The van der Waals surface area contributed by atoms with Crippen molar-refractivity contribution in [1.82, 2.24) is 5.32 Å². The third-order valence-corrected chi connectivity index (χ3v) is 3.48. The highest BCUT2D eigenvalue weighted by molar-refractivity contribution is 6.01. The van der Waals surface area contributed by atoms with Gasteiger partial charge in [0.2, 0.25) is 0 Å². The van der Waals surface area contributed by atoms with E-state index in [0.717, 1.165) is 11.3 Å². The Bertz CT molecular complexity index is 626. The Morgan fingerprint density at radius 3 is 2.70 bits per heavy atom. The number of nitrogens with one attached hydrogen (secondary N) is 2. The summed E-state index contributed by atoms with van der Waals surface area (Å²) in [5, 5.41) is 6.36. The van der Waals surface area contributed by atoms with E-state index in [0.29, 0.717) is 17.9 Å². The first kappa shape index (κ1) is 12.5. The largest absolute Gasteiger partial charge is 0.497 e. The summed E-state index contributed by atoms with van der Waals surface area (Å²) in [6.45, 7) is 0.662.